The van der Waals surface area contributed by atoms with Crippen molar-refractivity contribution in [3.05, 3.63) is 58.9 Å². The fourth-order valence-electron chi connectivity index (χ4n) is 4.54. The number of allylic oxidation sites excluding steroid dienone is 3. The third kappa shape index (κ3) is 4.77. The molecule has 0 bridgehead atoms. The van der Waals surface area contributed by atoms with Gasteiger partial charge in [0.2, 0.25) is 11.8 Å². The number of ether oxygens (including phenoxy) is 1. The fraction of sp³-hybridized carbons (Fsp3) is 0.520. The smallest absolute Gasteiger partial charge is 0.224 e. The summed E-state index contributed by atoms with van der Waals surface area (Å²) < 4.78 is 6.12. The second-order valence-electron chi connectivity index (χ2n) is 9.06. The van der Waals surface area contributed by atoms with Crippen LogP contribution < -0.4 is 10.6 Å². The second kappa shape index (κ2) is 9.07. The molecule has 1 aromatic carbocycles. The minimum Gasteiger partial charge on any atom is -0.497 e. The Bertz CT molecular complexity index is 865. The zero-order valence-corrected chi connectivity index (χ0v) is 17.9. The zero-order valence-electron chi connectivity index (χ0n) is 17.9. The molecule has 1 aromatic rings. The van der Waals surface area contributed by atoms with E-state index in [4.69, 9.17) is 4.74 Å². The lowest BCUT2D eigenvalue weighted by atomic mass is 9.71. The third-order valence-corrected chi connectivity index (χ3v) is 6.37. The van der Waals surface area contributed by atoms with E-state index in [2.05, 4.69) is 28.8 Å². The van der Waals surface area contributed by atoms with Gasteiger partial charge in [-0.2, -0.15) is 0 Å². The van der Waals surface area contributed by atoms with Crippen LogP contribution in [-0.4, -0.2) is 31.5 Å². The maximum atomic E-state index is 13.4. The standard InChI is InChI=1S/C25H32N2O3/c1-16(2)11-12-26-25(29)23-19(14-27-22(28)13-17-7-8-17)15-30-21-10-9-18-5-3-4-6-20(18)24(21)23/h3-6,10-11,17,19,23-24H,7-9,12-15H2,1-2H3,(H,26,29)(H,27,28). The second-order valence-corrected chi connectivity index (χ2v) is 9.06. The van der Waals surface area contributed by atoms with Crippen LogP contribution in [0.2, 0.25) is 0 Å². The van der Waals surface area contributed by atoms with E-state index in [1.807, 2.05) is 32.1 Å². The summed E-state index contributed by atoms with van der Waals surface area (Å²) >= 11 is 0. The third-order valence-electron chi connectivity index (χ3n) is 6.37. The summed E-state index contributed by atoms with van der Waals surface area (Å²) in [7, 11) is 0. The van der Waals surface area contributed by atoms with Crippen molar-refractivity contribution < 1.29 is 14.3 Å². The van der Waals surface area contributed by atoms with E-state index in [1.54, 1.807) is 0 Å². The van der Waals surface area contributed by atoms with Crippen LogP contribution in [0.25, 0.3) is 0 Å². The van der Waals surface area contributed by atoms with Gasteiger partial charge in [0.1, 0.15) is 5.76 Å². The molecule has 3 aliphatic rings. The molecule has 0 spiro atoms. The van der Waals surface area contributed by atoms with Crippen LogP contribution in [0, 0.1) is 17.8 Å². The quantitative estimate of drug-likeness (QED) is 0.679. The molecule has 0 radical (unpaired) electrons. The minimum atomic E-state index is -0.266. The minimum absolute atomic E-state index is 0.0323. The number of benzene rings is 1. The lowest BCUT2D eigenvalue weighted by Gasteiger charge is -2.41. The van der Waals surface area contributed by atoms with E-state index in [0.717, 1.165) is 25.0 Å². The van der Waals surface area contributed by atoms with E-state index in [9.17, 15) is 9.59 Å². The van der Waals surface area contributed by atoms with Gasteiger partial charge in [-0.25, -0.2) is 0 Å². The first kappa shape index (κ1) is 20.7. The van der Waals surface area contributed by atoms with Gasteiger partial charge < -0.3 is 15.4 Å². The van der Waals surface area contributed by atoms with Crippen LogP contribution >= 0.6 is 0 Å². The summed E-state index contributed by atoms with van der Waals surface area (Å²) in [5.41, 5.74) is 3.59. The van der Waals surface area contributed by atoms with Crippen molar-refractivity contribution >= 4 is 11.8 Å². The number of hydrogen-bond acceptors (Lipinski definition) is 3. The van der Waals surface area contributed by atoms with Crippen LogP contribution in [0.3, 0.4) is 0 Å². The van der Waals surface area contributed by atoms with Gasteiger partial charge in [0.25, 0.3) is 0 Å². The van der Waals surface area contributed by atoms with Crippen LogP contribution in [0.15, 0.2) is 47.7 Å². The van der Waals surface area contributed by atoms with Gasteiger partial charge in [0.15, 0.2) is 0 Å². The largest absolute Gasteiger partial charge is 0.497 e. The summed E-state index contributed by atoms with van der Waals surface area (Å²) in [4.78, 5) is 25.6. The van der Waals surface area contributed by atoms with Crippen LogP contribution in [-0.2, 0) is 20.7 Å². The van der Waals surface area contributed by atoms with Crippen LogP contribution in [0.5, 0.6) is 0 Å². The molecule has 2 amide bonds. The van der Waals surface area contributed by atoms with E-state index in [0.29, 0.717) is 32.0 Å². The molecule has 4 rings (SSSR count). The van der Waals surface area contributed by atoms with E-state index in [-0.39, 0.29) is 29.6 Å². The molecule has 30 heavy (non-hydrogen) atoms. The molecular formula is C25H32N2O3. The summed E-state index contributed by atoms with van der Waals surface area (Å²) in [6.45, 7) is 5.49. The van der Waals surface area contributed by atoms with Crippen molar-refractivity contribution in [1.29, 1.82) is 0 Å². The molecule has 1 aliphatic heterocycles. The molecule has 5 nitrogen and oxygen atoms in total. The molecule has 5 heteroatoms. The van der Waals surface area contributed by atoms with Crippen molar-refractivity contribution in [3.8, 4) is 0 Å². The van der Waals surface area contributed by atoms with Crippen molar-refractivity contribution in [2.24, 2.45) is 17.8 Å². The van der Waals surface area contributed by atoms with Gasteiger partial charge >= 0.3 is 0 Å². The zero-order chi connectivity index (χ0) is 21.1. The molecular weight excluding hydrogens is 376 g/mol. The van der Waals surface area contributed by atoms with Crippen LogP contribution in [0.4, 0.5) is 0 Å². The highest BCUT2D eigenvalue weighted by atomic mass is 16.5. The average Bonchev–Trinajstić information content (AvgIpc) is 3.55. The Morgan fingerprint density at radius 1 is 1.17 bits per heavy atom. The lowest BCUT2D eigenvalue weighted by Crippen LogP contribution is -2.48. The molecule has 0 aromatic heterocycles. The molecule has 2 fully saturated rings. The topological polar surface area (TPSA) is 67.4 Å². The predicted octanol–water partition coefficient (Wildman–Crippen LogP) is 3.47. The van der Waals surface area contributed by atoms with Crippen molar-refractivity contribution in [3.63, 3.8) is 0 Å². The fourth-order valence-corrected chi connectivity index (χ4v) is 4.54. The van der Waals surface area contributed by atoms with Gasteiger partial charge in [0.05, 0.1) is 18.4 Å². The summed E-state index contributed by atoms with van der Waals surface area (Å²) in [5, 5.41) is 6.17. The number of hydrogen-bond donors (Lipinski definition) is 2. The first-order valence-electron chi connectivity index (χ1n) is 11.1. The van der Waals surface area contributed by atoms with Gasteiger partial charge in [0, 0.05) is 25.4 Å². The van der Waals surface area contributed by atoms with Crippen molar-refractivity contribution in [2.45, 2.75) is 45.4 Å². The number of nitrogens with one attached hydrogen (secondary N) is 2. The van der Waals surface area contributed by atoms with E-state index < -0.39 is 0 Å². The van der Waals surface area contributed by atoms with E-state index >= 15 is 0 Å². The first-order chi connectivity index (χ1) is 14.5. The van der Waals surface area contributed by atoms with Crippen LogP contribution in [0.1, 0.15) is 50.2 Å². The average molecular weight is 409 g/mol. The lowest BCUT2D eigenvalue weighted by molar-refractivity contribution is -0.131. The highest BCUT2D eigenvalue weighted by Crippen LogP contribution is 2.45. The molecule has 2 aliphatic carbocycles. The number of rotatable bonds is 7. The maximum absolute atomic E-state index is 13.4. The van der Waals surface area contributed by atoms with Crippen molar-refractivity contribution in [1.82, 2.24) is 10.6 Å². The monoisotopic (exact) mass is 408 g/mol. The van der Waals surface area contributed by atoms with Gasteiger partial charge in [-0.05, 0) is 56.2 Å². The summed E-state index contributed by atoms with van der Waals surface area (Å²) in [6.07, 6.45) is 7.88. The van der Waals surface area contributed by atoms with Gasteiger partial charge in [-0.3, -0.25) is 9.59 Å². The number of carbonyl (C=O) groups is 2. The predicted molar refractivity (Wildman–Crippen MR) is 117 cm³/mol. The molecule has 3 atom stereocenters. The first-order valence-corrected chi connectivity index (χ1v) is 11.1. The molecule has 2 N–H and O–H groups in total. The molecule has 1 saturated heterocycles. The van der Waals surface area contributed by atoms with Gasteiger partial charge in [-0.1, -0.05) is 35.9 Å². The van der Waals surface area contributed by atoms with E-state index in [1.165, 1.54) is 16.7 Å². The molecule has 3 unspecified atom stereocenters. The Hall–Kier alpha value is -2.56. The normalized spacial score (nSPS) is 24.5. The Labute approximate surface area is 179 Å². The number of fused-ring (bicyclic) bond motifs is 3. The molecule has 160 valence electrons. The van der Waals surface area contributed by atoms with Gasteiger partial charge in [-0.15, -0.1) is 0 Å². The number of carbonyl (C=O) groups excluding carboxylic acids is 2. The Morgan fingerprint density at radius 2 is 1.97 bits per heavy atom. The van der Waals surface area contributed by atoms with Crippen molar-refractivity contribution in [2.75, 3.05) is 19.7 Å². The highest BCUT2D eigenvalue weighted by Gasteiger charge is 2.44. The Morgan fingerprint density at radius 3 is 2.73 bits per heavy atom. The molecule has 1 saturated carbocycles. The Balaban J connectivity index is 1.55. The summed E-state index contributed by atoms with van der Waals surface area (Å²) in [5.74, 6) is 1.15. The molecule has 1 heterocycles. The SMILES string of the molecule is CC(C)=CCNC(=O)C1C(CNC(=O)CC2CC2)COC2=CCc3ccccc3C21. The Kier molecular flexibility index (Phi) is 6.26. The maximum Gasteiger partial charge on any atom is 0.224 e. The highest BCUT2D eigenvalue weighted by molar-refractivity contribution is 5.81. The number of amides is 2. The summed E-state index contributed by atoms with van der Waals surface area (Å²) in [6, 6.07) is 8.31.